The Kier molecular flexibility index (Phi) is 6.50. The van der Waals surface area contributed by atoms with Crippen LogP contribution in [0.3, 0.4) is 0 Å². The van der Waals surface area contributed by atoms with Gasteiger partial charge in [-0.3, -0.25) is 4.90 Å². The maximum atomic E-state index is 3.64. The van der Waals surface area contributed by atoms with E-state index in [4.69, 9.17) is 0 Å². The molecule has 1 aliphatic heterocycles. The molecule has 17 heavy (non-hydrogen) atoms. The Morgan fingerprint density at radius 3 is 2.71 bits per heavy atom. The standard InChI is InChI=1S/C15H32N2/c1-5-6-7-8-10-14(2)17-12-9-11-16-15(3,4)13-17/h14,16H,5-13H2,1-4H3. The van der Waals surface area contributed by atoms with Crippen molar-refractivity contribution in [2.75, 3.05) is 19.6 Å². The second-order valence-corrected chi connectivity index (χ2v) is 6.33. The first-order valence-electron chi connectivity index (χ1n) is 7.54. The van der Waals surface area contributed by atoms with Gasteiger partial charge in [-0.2, -0.15) is 0 Å². The van der Waals surface area contributed by atoms with Gasteiger partial charge in [-0.1, -0.05) is 32.6 Å². The molecule has 0 radical (unpaired) electrons. The van der Waals surface area contributed by atoms with Gasteiger partial charge in [0.1, 0.15) is 0 Å². The molecular formula is C15H32N2. The molecule has 0 spiro atoms. The van der Waals surface area contributed by atoms with Gasteiger partial charge in [-0.25, -0.2) is 0 Å². The third-order valence-electron chi connectivity index (χ3n) is 3.92. The lowest BCUT2D eigenvalue weighted by atomic mass is 10.0. The van der Waals surface area contributed by atoms with E-state index in [1.807, 2.05) is 0 Å². The summed E-state index contributed by atoms with van der Waals surface area (Å²) in [6.45, 7) is 13.0. The summed E-state index contributed by atoms with van der Waals surface area (Å²) in [6, 6.07) is 0.756. The predicted octanol–water partition coefficient (Wildman–Crippen LogP) is 3.42. The molecule has 0 aromatic rings. The van der Waals surface area contributed by atoms with E-state index < -0.39 is 0 Å². The van der Waals surface area contributed by atoms with Gasteiger partial charge in [0.2, 0.25) is 0 Å². The van der Waals surface area contributed by atoms with Gasteiger partial charge < -0.3 is 5.32 Å². The molecule has 1 rings (SSSR count). The van der Waals surface area contributed by atoms with E-state index in [1.165, 1.54) is 58.2 Å². The van der Waals surface area contributed by atoms with Gasteiger partial charge in [0.15, 0.2) is 0 Å². The van der Waals surface area contributed by atoms with E-state index in [1.54, 1.807) is 0 Å². The Hall–Kier alpha value is -0.0800. The van der Waals surface area contributed by atoms with Crippen molar-refractivity contribution < 1.29 is 0 Å². The van der Waals surface area contributed by atoms with Crippen LogP contribution >= 0.6 is 0 Å². The average Bonchev–Trinajstić information content (AvgIpc) is 2.45. The summed E-state index contributed by atoms with van der Waals surface area (Å²) in [4.78, 5) is 2.69. The van der Waals surface area contributed by atoms with Gasteiger partial charge in [0.05, 0.1) is 0 Å². The summed E-state index contributed by atoms with van der Waals surface area (Å²) < 4.78 is 0. The molecule has 2 heteroatoms. The zero-order valence-corrected chi connectivity index (χ0v) is 12.4. The first-order valence-corrected chi connectivity index (χ1v) is 7.54. The molecular weight excluding hydrogens is 208 g/mol. The predicted molar refractivity (Wildman–Crippen MR) is 76.5 cm³/mol. The maximum absolute atomic E-state index is 3.64. The lowest BCUT2D eigenvalue weighted by molar-refractivity contribution is 0.169. The fourth-order valence-electron chi connectivity index (χ4n) is 2.78. The van der Waals surface area contributed by atoms with Crippen LogP contribution in [0.4, 0.5) is 0 Å². The van der Waals surface area contributed by atoms with Crippen LogP contribution in [-0.2, 0) is 0 Å². The van der Waals surface area contributed by atoms with Crippen LogP contribution in [0.15, 0.2) is 0 Å². The minimum absolute atomic E-state index is 0.286. The van der Waals surface area contributed by atoms with E-state index in [0.29, 0.717) is 0 Å². The zero-order chi connectivity index (χ0) is 12.7. The lowest BCUT2D eigenvalue weighted by Gasteiger charge is -2.34. The van der Waals surface area contributed by atoms with Crippen molar-refractivity contribution in [3.63, 3.8) is 0 Å². The van der Waals surface area contributed by atoms with E-state index in [-0.39, 0.29) is 5.54 Å². The molecule has 1 heterocycles. The van der Waals surface area contributed by atoms with Crippen molar-refractivity contribution in [1.82, 2.24) is 10.2 Å². The smallest absolute Gasteiger partial charge is 0.0252 e. The minimum Gasteiger partial charge on any atom is -0.310 e. The van der Waals surface area contributed by atoms with E-state index in [0.717, 1.165) is 6.04 Å². The van der Waals surface area contributed by atoms with Crippen LogP contribution in [0, 0.1) is 0 Å². The van der Waals surface area contributed by atoms with Crippen LogP contribution in [0.1, 0.15) is 66.2 Å². The molecule has 0 aromatic carbocycles. The highest BCUT2D eigenvalue weighted by atomic mass is 15.2. The van der Waals surface area contributed by atoms with Crippen LogP contribution < -0.4 is 5.32 Å². The Morgan fingerprint density at radius 2 is 2.00 bits per heavy atom. The van der Waals surface area contributed by atoms with Crippen molar-refractivity contribution in [3.8, 4) is 0 Å². The van der Waals surface area contributed by atoms with Crippen molar-refractivity contribution in [1.29, 1.82) is 0 Å². The highest BCUT2D eigenvalue weighted by molar-refractivity contribution is 4.86. The van der Waals surface area contributed by atoms with E-state index in [2.05, 4.69) is 37.9 Å². The molecule has 1 saturated heterocycles. The molecule has 102 valence electrons. The van der Waals surface area contributed by atoms with Gasteiger partial charge in [-0.05, 0) is 46.7 Å². The quantitative estimate of drug-likeness (QED) is 0.716. The molecule has 0 bridgehead atoms. The van der Waals surface area contributed by atoms with Gasteiger partial charge in [0, 0.05) is 18.1 Å². The molecule has 1 atom stereocenters. The van der Waals surface area contributed by atoms with Crippen LogP contribution in [-0.4, -0.2) is 36.1 Å². The SMILES string of the molecule is CCCCCCC(C)N1CCCNC(C)(C)C1. The fourth-order valence-corrected chi connectivity index (χ4v) is 2.78. The van der Waals surface area contributed by atoms with Gasteiger partial charge in [0.25, 0.3) is 0 Å². The number of unbranched alkanes of at least 4 members (excludes halogenated alkanes) is 3. The average molecular weight is 240 g/mol. The van der Waals surface area contributed by atoms with Crippen LogP contribution in [0.2, 0.25) is 0 Å². The van der Waals surface area contributed by atoms with Gasteiger partial charge in [-0.15, -0.1) is 0 Å². The number of hydrogen-bond acceptors (Lipinski definition) is 2. The molecule has 0 saturated carbocycles. The molecule has 1 N–H and O–H groups in total. The third kappa shape index (κ3) is 5.87. The number of nitrogens with zero attached hydrogens (tertiary/aromatic N) is 1. The summed E-state index contributed by atoms with van der Waals surface area (Å²) in [6.07, 6.45) is 8.23. The molecule has 0 aliphatic carbocycles. The summed E-state index contributed by atoms with van der Waals surface area (Å²) in [5.74, 6) is 0. The topological polar surface area (TPSA) is 15.3 Å². The van der Waals surface area contributed by atoms with Crippen LogP contribution in [0.5, 0.6) is 0 Å². The third-order valence-corrected chi connectivity index (χ3v) is 3.92. The zero-order valence-electron chi connectivity index (χ0n) is 12.4. The monoisotopic (exact) mass is 240 g/mol. The second-order valence-electron chi connectivity index (χ2n) is 6.33. The number of nitrogens with one attached hydrogen (secondary N) is 1. The minimum atomic E-state index is 0.286. The number of rotatable bonds is 6. The van der Waals surface area contributed by atoms with E-state index in [9.17, 15) is 0 Å². The van der Waals surface area contributed by atoms with Crippen molar-refractivity contribution in [2.45, 2.75) is 77.8 Å². The second kappa shape index (κ2) is 7.38. The maximum Gasteiger partial charge on any atom is 0.0252 e. The Balaban J connectivity index is 2.31. The lowest BCUT2D eigenvalue weighted by Crippen LogP contribution is -2.48. The van der Waals surface area contributed by atoms with Crippen molar-refractivity contribution in [2.24, 2.45) is 0 Å². The van der Waals surface area contributed by atoms with Gasteiger partial charge >= 0.3 is 0 Å². The highest BCUT2D eigenvalue weighted by Gasteiger charge is 2.26. The van der Waals surface area contributed by atoms with Crippen molar-refractivity contribution >= 4 is 0 Å². The van der Waals surface area contributed by atoms with Crippen molar-refractivity contribution in [3.05, 3.63) is 0 Å². The Bertz CT molecular complexity index is 201. The van der Waals surface area contributed by atoms with Crippen LogP contribution in [0.25, 0.3) is 0 Å². The number of hydrogen-bond donors (Lipinski definition) is 1. The Morgan fingerprint density at radius 1 is 1.24 bits per heavy atom. The molecule has 1 fully saturated rings. The first kappa shape index (κ1) is 15.0. The highest BCUT2D eigenvalue weighted by Crippen LogP contribution is 2.17. The molecule has 1 aliphatic rings. The first-order chi connectivity index (χ1) is 8.05. The normalized spacial score (nSPS) is 23.3. The summed E-state index contributed by atoms with van der Waals surface area (Å²) in [7, 11) is 0. The molecule has 1 unspecified atom stereocenters. The fraction of sp³-hybridized carbons (Fsp3) is 1.00. The van der Waals surface area contributed by atoms with E-state index >= 15 is 0 Å². The largest absolute Gasteiger partial charge is 0.310 e. The Labute approximate surface area is 108 Å². The molecule has 0 aromatic heterocycles. The summed E-state index contributed by atoms with van der Waals surface area (Å²) >= 11 is 0. The molecule has 0 amide bonds. The summed E-state index contributed by atoms with van der Waals surface area (Å²) in [5.41, 5.74) is 0.286. The molecule has 2 nitrogen and oxygen atoms in total. The summed E-state index contributed by atoms with van der Waals surface area (Å²) in [5, 5.41) is 3.64.